The number of fused-ring (bicyclic) bond motifs is 3. The molecule has 0 aliphatic carbocycles. The zero-order valence-electron chi connectivity index (χ0n) is 10.2. The first-order valence-electron chi connectivity index (χ1n) is 5.95. The van der Waals surface area contributed by atoms with E-state index in [4.69, 9.17) is 0 Å². The molecule has 2 aromatic rings. The minimum Gasteiger partial charge on any atom is -0.341 e. The van der Waals surface area contributed by atoms with Gasteiger partial charge in [-0.05, 0) is 30.0 Å². The van der Waals surface area contributed by atoms with Gasteiger partial charge in [0.25, 0.3) is 0 Å². The summed E-state index contributed by atoms with van der Waals surface area (Å²) >= 11 is 1.90. The van der Waals surface area contributed by atoms with Gasteiger partial charge in [0, 0.05) is 25.3 Å². The predicted octanol–water partition coefficient (Wildman–Crippen LogP) is 3.27. The Morgan fingerprint density at radius 2 is 2.12 bits per heavy atom. The van der Waals surface area contributed by atoms with Crippen molar-refractivity contribution in [2.75, 3.05) is 13.6 Å². The fourth-order valence-corrected chi connectivity index (χ4v) is 3.88. The molecule has 0 spiro atoms. The predicted molar refractivity (Wildman–Crippen MR) is 70.2 cm³/mol. The van der Waals surface area contributed by atoms with Gasteiger partial charge in [0.15, 0.2) is 0 Å². The number of nitrogens with zero attached hydrogens (tertiary/aromatic N) is 2. The molecule has 0 radical (unpaired) electrons. The molecule has 0 saturated carbocycles. The van der Waals surface area contributed by atoms with Crippen LogP contribution in [0.25, 0.3) is 10.2 Å². The summed E-state index contributed by atoms with van der Waals surface area (Å²) in [6.07, 6.45) is 0. The standard InChI is InChI=1S/C13H18N2S/c1-9(2)12-11-8-14(3)5-6-15(11)10-4-7-16-13(10)12/h4,7,9H,5-6,8H2,1-3H3. The van der Waals surface area contributed by atoms with Crippen LogP contribution < -0.4 is 0 Å². The fraction of sp³-hybridized carbons (Fsp3) is 0.538. The van der Waals surface area contributed by atoms with Gasteiger partial charge in [-0.1, -0.05) is 13.8 Å². The second-order valence-corrected chi connectivity index (χ2v) is 5.96. The number of hydrogen-bond acceptors (Lipinski definition) is 2. The second kappa shape index (κ2) is 3.60. The van der Waals surface area contributed by atoms with E-state index in [0.717, 1.165) is 13.1 Å². The molecule has 3 heterocycles. The SMILES string of the molecule is CC(C)c1c2n(c3ccsc13)CCN(C)C2. The number of rotatable bonds is 1. The molecule has 0 fully saturated rings. The monoisotopic (exact) mass is 234 g/mol. The Balaban J connectivity index is 2.28. The maximum atomic E-state index is 2.53. The minimum absolute atomic E-state index is 0.629. The zero-order chi connectivity index (χ0) is 11.3. The lowest BCUT2D eigenvalue weighted by Crippen LogP contribution is -2.30. The fourth-order valence-electron chi connectivity index (χ4n) is 2.77. The van der Waals surface area contributed by atoms with Gasteiger partial charge in [0.05, 0.1) is 10.2 Å². The molecule has 0 unspecified atom stereocenters. The van der Waals surface area contributed by atoms with Crippen LogP contribution in [-0.4, -0.2) is 23.1 Å². The van der Waals surface area contributed by atoms with E-state index in [1.807, 2.05) is 11.3 Å². The van der Waals surface area contributed by atoms with Gasteiger partial charge in [-0.15, -0.1) is 11.3 Å². The molecule has 3 rings (SSSR count). The molecule has 16 heavy (non-hydrogen) atoms. The molecule has 2 aromatic heterocycles. The van der Waals surface area contributed by atoms with E-state index >= 15 is 0 Å². The molecular weight excluding hydrogens is 216 g/mol. The highest BCUT2D eigenvalue weighted by Crippen LogP contribution is 2.37. The second-order valence-electron chi connectivity index (χ2n) is 5.04. The van der Waals surface area contributed by atoms with Crippen LogP contribution >= 0.6 is 11.3 Å². The molecule has 3 heteroatoms. The Bertz CT molecular complexity index is 521. The first kappa shape index (κ1) is 10.4. The molecule has 0 saturated heterocycles. The highest BCUT2D eigenvalue weighted by molar-refractivity contribution is 7.17. The van der Waals surface area contributed by atoms with Crippen molar-refractivity contribution in [1.82, 2.24) is 9.47 Å². The summed E-state index contributed by atoms with van der Waals surface area (Å²) in [4.78, 5) is 2.42. The largest absolute Gasteiger partial charge is 0.341 e. The van der Waals surface area contributed by atoms with Crippen LogP contribution in [0.2, 0.25) is 0 Å². The quantitative estimate of drug-likeness (QED) is 0.735. The smallest absolute Gasteiger partial charge is 0.0595 e. The summed E-state index contributed by atoms with van der Waals surface area (Å²) in [7, 11) is 2.22. The molecule has 86 valence electrons. The molecule has 0 N–H and O–H groups in total. The van der Waals surface area contributed by atoms with Crippen LogP contribution in [0.15, 0.2) is 11.4 Å². The summed E-state index contributed by atoms with van der Waals surface area (Å²) < 4.78 is 4.04. The number of hydrogen-bond donors (Lipinski definition) is 0. The van der Waals surface area contributed by atoms with E-state index in [1.165, 1.54) is 16.8 Å². The van der Waals surface area contributed by atoms with Crippen molar-refractivity contribution in [3.8, 4) is 0 Å². The lowest BCUT2D eigenvalue weighted by molar-refractivity contribution is 0.271. The zero-order valence-corrected chi connectivity index (χ0v) is 11.0. The van der Waals surface area contributed by atoms with Crippen LogP contribution in [-0.2, 0) is 13.1 Å². The van der Waals surface area contributed by atoms with Gasteiger partial charge in [0.2, 0.25) is 0 Å². The van der Waals surface area contributed by atoms with E-state index in [0.29, 0.717) is 5.92 Å². The van der Waals surface area contributed by atoms with Crippen molar-refractivity contribution in [1.29, 1.82) is 0 Å². The van der Waals surface area contributed by atoms with Crippen molar-refractivity contribution in [2.24, 2.45) is 0 Å². The minimum atomic E-state index is 0.629. The maximum Gasteiger partial charge on any atom is 0.0595 e. The van der Waals surface area contributed by atoms with Gasteiger partial charge in [-0.25, -0.2) is 0 Å². The van der Waals surface area contributed by atoms with E-state index < -0.39 is 0 Å². The summed E-state index contributed by atoms with van der Waals surface area (Å²) in [5.74, 6) is 0.629. The van der Waals surface area contributed by atoms with Gasteiger partial charge < -0.3 is 4.57 Å². The first-order chi connectivity index (χ1) is 7.68. The van der Waals surface area contributed by atoms with Gasteiger partial charge in [0.1, 0.15) is 0 Å². The molecule has 0 amide bonds. The van der Waals surface area contributed by atoms with E-state index in [1.54, 1.807) is 11.3 Å². The number of aromatic nitrogens is 1. The summed E-state index contributed by atoms with van der Waals surface area (Å²) in [5, 5.41) is 2.22. The van der Waals surface area contributed by atoms with E-state index in [-0.39, 0.29) is 0 Å². The summed E-state index contributed by atoms with van der Waals surface area (Å²) in [6, 6.07) is 2.28. The van der Waals surface area contributed by atoms with Crippen molar-refractivity contribution in [2.45, 2.75) is 32.9 Å². The lowest BCUT2D eigenvalue weighted by atomic mass is 10.0. The topological polar surface area (TPSA) is 8.17 Å². The van der Waals surface area contributed by atoms with Crippen LogP contribution in [0.1, 0.15) is 31.0 Å². The molecule has 1 aliphatic heterocycles. The molecule has 0 atom stereocenters. The van der Waals surface area contributed by atoms with Crippen molar-refractivity contribution < 1.29 is 0 Å². The first-order valence-corrected chi connectivity index (χ1v) is 6.83. The molecule has 0 bridgehead atoms. The number of likely N-dealkylation sites (N-methyl/N-ethyl adjacent to an activating group) is 1. The van der Waals surface area contributed by atoms with Crippen molar-refractivity contribution in [3.05, 3.63) is 22.7 Å². The van der Waals surface area contributed by atoms with Crippen molar-refractivity contribution >= 4 is 21.6 Å². The third-order valence-corrected chi connectivity index (χ3v) is 4.46. The molecule has 0 aromatic carbocycles. The summed E-state index contributed by atoms with van der Waals surface area (Å²) in [6.45, 7) is 8.04. The Morgan fingerprint density at radius 1 is 1.31 bits per heavy atom. The average Bonchev–Trinajstić information content (AvgIpc) is 2.75. The Labute approximate surface area is 100 Å². The lowest BCUT2D eigenvalue weighted by Gasteiger charge is -2.26. The molecule has 1 aliphatic rings. The van der Waals surface area contributed by atoms with E-state index in [9.17, 15) is 0 Å². The highest BCUT2D eigenvalue weighted by Gasteiger charge is 2.23. The third kappa shape index (κ3) is 1.35. The Kier molecular flexibility index (Phi) is 2.33. The van der Waals surface area contributed by atoms with Crippen LogP contribution in [0.3, 0.4) is 0 Å². The highest BCUT2D eigenvalue weighted by atomic mass is 32.1. The molecule has 2 nitrogen and oxygen atoms in total. The van der Waals surface area contributed by atoms with Crippen LogP contribution in [0.5, 0.6) is 0 Å². The van der Waals surface area contributed by atoms with Gasteiger partial charge in [-0.3, -0.25) is 4.90 Å². The maximum absolute atomic E-state index is 2.53. The van der Waals surface area contributed by atoms with Crippen LogP contribution in [0, 0.1) is 0 Å². The van der Waals surface area contributed by atoms with Crippen molar-refractivity contribution in [3.63, 3.8) is 0 Å². The van der Waals surface area contributed by atoms with Gasteiger partial charge >= 0.3 is 0 Å². The van der Waals surface area contributed by atoms with E-state index in [2.05, 4.69) is 41.8 Å². The molecular formula is C13H18N2S. The Hall–Kier alpha value is -0.800. The third-order valence-electron chi connectivity index (χ3n) is 3.52. The van der Waals surface area contributed by atoms with Gasteiger partial charge in [-0.2, -0.15) is 0 Å². The Morgan fingerprint density at radius 3 is 2.88 bits per heavy atom. The normalized spacial score (nSPS) is 17.2. The van der Waals surface area contributed by atoms with Crippen LogP contribution in [0.4, 0.5) is 0 Å². The summed E-state index contributed by atoms with van der Waals surface area (Å²) in [5.41, 5.74) is 4.58. The number of thiophene rings is 1. The average molecular weight is 234 g/mol.